The van der Waals surface area contributed by atoms with Crippen LogP contribution >= 0.6 is 11.3 Å². The Morgan fingerprint density at radius 1 is 0.893 bits per heavy atom. The van der Waals surface area contributed by atoms with Gasteiger partial charge in [0.15, 0.2) is 0 Å². The maximum atomic E-state index is 12.7. The zero-order valence-corrected chi connectivity index (χ0v) is 16.1. The van der Waals surface area contributed by atoms with Gasteiger partial charge in [0, 0.05) is 11.1 Å². The molecule has 1 N–H and O–H groups in total. The Morgan fingerprint density at radius 2 is 1.54 bits per heavy atom. The van der Waals surface area contributed by atoms with Gasteiger partial charge in [-0.3, -0.25) is 0 Å². The van der Waals surface area contributed by atoms with Gasteiger partial charge in [0.25, 0.3) is 10.0 Å². The molecule has 2 aromatic heterocycles. The van der Waals surface area contributed by atoms with Gasteiger partial charge in [0.05, 0.1) is 0 Å². The normalized spacial score (nSPS) is 11.1. The monoisotopic (exact) mass is 406 g/mol. The van der Waals surface area contributed by atoms with E-state index in [2.05, 4.69) is 10.8 Å². The first-order valence-electron chi connectivity index (χ1n) is 8.34. The number of nitrogens with one attached hydrogen (secondary N) is 1. The summed E-state index contributed by atoms with van der Waals surface area (Å²) in [5.74, 6) is 0.348. The molecule has 0 radical (unpaired) electrons. The molecule has 0 amide bonds. The number of anilines is 1. The molecule has 0 bridgehead atoms. The highest BCUT2D eigenvalue weighted by Gasteiger charge is 2.26. The van der Waals surface area contributed by atoms with E-state index < -0.39 is 10.0 Å². The van der Waals surface area contributed by atoms with Crippen LogP contribution in [0.3, 0.4) is 0 Å². The fourth-order valence-corrected chi connectivity index (χ4v) is 4.86. The van der Waals surface area contributed by atoms with E-state index in [0.29, 0.717) is 11.3 Å². The minimum Gasteiger partial charge on any atom is -0.438 e. The number of rotatable bonds is 5. The van der Waals surface area contributed by atoms with Gasteiger partial charge in [-0.05, 0) is 17.0 Å². The maximum Gasteiger partial charge on any atom is 0.273 e. The zero-order valence-electron chi connectivity index (χ0n) is 14.5. The molecule has 0 saturated heterocycles. The Hall–Kier alpha value is -3.34. The van der Waals surface area contributed by atoms with E-state index in [-0.39, 0.29) is 15.7 Å². The number of nitriles is 1. The van der Waals surface area contributed by atoms with Crippen molar-refractivity contribution in [2.75, 3.05) is 4.72 Å². The third kappa shape index (κ3) is 3.31. The Bertz CT molecular complexity index is 1240. The largest absolute Gasteiger partial charge is 0.438 e. The molecule has 4 rings (SSSR count). The molecule has 2 aromatic carbocycles. The van der Waals surface area contributed by atoms with Crippen molar-refractivity contribution in [3.8, 4) is 28.5 Å². The first kappa shape index (κ1) is 18.0. The minimum atomic E-state index is -3.85. The number of benzene rings is 2. The molecular weight excluding hydrogens is 392 g/mol. The van der Waals surface area contributed by atoms with E-state index in [4.69, 9.17) is 4.42 Å². The van der Waals surface area contributed by atoms with Crippen LogP contribution in [0, 0.1) is 11.3 Å². The van der Waals surface area contributed by atoms with Crippen molar-refractivity contribution in [2.24, 2.45) is 0 Å². The molecule has 4 aromatic rings. The van der Waals surface area contributed by atoms with E-state index in [1.54, 1.807) is 11.4 Å². The SMILES string of the molecule is N#Cc1c(NS(=O)(=O)c2cccs2)oc(-c2ccccc2)c1-c1ccccc1. The molecule has 138 valence electrons. The summed E-state index contributed by atoms with van der Waals surface area (Å²) in [5.41, 5.74) is 2.21. The second-order valence-corrected chi connectivity index (χ2v) is 8.75. The molecular formula is C21H14N2O3S2. The van der Waals surface area contributed by atoms with Crippen molar-refractivity contribution < 1.29 is 12.8 Å². The summed E-state index contributed by atoms with van der Waals surface area (Å²) in [7, 11) is -3.85. The fraction of sp³-hybridized carbons (Fsp3) is 0. The lowest BCUT2D eigenvalue weighted by Crippen LogP contribution is -2.11. The van der Waals surface area contributed by atoms with Crippen molar-refractivity contribution in [1.29, 1.82) is 5.26 Å². The van der Waals surface area contributed by atoms with Crippen LogP contribution in [0.2, 0.25) is 0 Å². The first-order chi connectivity index (χ1) is 13.6. The molecule has 0 spiro atoms. The molecule has 0 aliphatic rings. The number of thiophene rings is 1. The van der Waals surface area contributed by atoms with E-state index in [9.17, 15) is 13.7 Å². The number of nitrogens with zero attached hydrogens (tertiary/aromatic N) is 1. The number of furan rings is 1. The Morgan fingerprint density at radius 3 is 2.11 bits per heavy atom. The highest BCUT2D eigenvalue weighted by atomic mass is 32.2. The number of hydrogen-bond donors (Lipinski definition) is 1. The van der Waals surface area contributed by atoms with Crippen LogP contribution in [0.1, 0.15) is 5.56 Å². The van der Waals surface area contributed by atoms with Crippen molar-refractivity contribution >= 4 is 27.2 Å². The third-order valence-corrected chi connectivity index (χ3v) is 6.83. The van der Waals surface area contributed by atoms with Crippen LogP contribution in [0.4, 0.5) is 5.88 Å². The summed E-state index contributed by atoms with van der Waals surface area (Å²) < 4.78 is 33.8. The third-order valence-electron chi connectivity index (χ3n) is 4.11. The molecule has 7 heteroatoms. The Labute approximate surface area is 166 Å². The Balaban J connectivity index is 1.92. The van der Waals surface area contributed by atoms with Gasteiger partial charge < -0.3 is 4.42 Å². The summed E-state index contributed by atoms with van der Waals surface area (Å²) in [6, 6.07) is 23.8. The molecule has 0 unspecified atom stereocenters. The lowest BCUT2D eigenvalue weighted by molar-refractivity contribution is 0.586. The van der Waals surface area contributed by atoms with Crippen molar-refractivity contribution in [3.05, 3.63) is 83.7 Å². The van der Waals surface area contributed by atoms with Crippen LogP contribution < -0.4 is 4.72 Å². The van der Waals surface area contributed by atoms with Gasteiger partial charge in [-0.1, -0.05) is 66.7 Å². The molecule has 5 nitrogen and oxygen atoms in total. The van der Waals surface area contributed by atoms with Gasteiger partial charge in [-0.2, -0.15) is 5.26 Å². The van der Waals surface area contributed by atoms with Crippen LogP contribution in [0.15, 0.2) is 86.8 Å². The van der Waals surface area contributed by atoms with Crippen LogP contribution in [-0.2, 0) is 10.0 Å². The standard InChI is InChI=1S/C21H14N2O3S2/c22-14-17-19(15-8-3-1-4-9-15)20(16-10-5-2-6-11-16)26-21(17)23-28(24,25)18-12-7-13-27-18/h1-13,23H. The zero-order chi connectivity index (χ0) is 19.6. The van der Waals surface area contributed by atoms with Crippen molar-refractivity contribution in [2.45, 2.75) is 4.21 Å². The molecule has 0 atom stereocenters. The number of hydrogen-bond acceptors (Lipinski definition) is 5. The van der Waals surface area contributed by atoms with E-state index >= 15 is 0 Å². The smallest absolute Gasteiger partial charge is 0.273 e. The lowest BCUT2D eigenvalue weighted by atomic mass is 9.98. The van der Waals surface area contributed by atoms with Gasteiger partial charge >= 0.3 is 0 Å². The average molecular weight is 406 g/mol. The summed E-state index contributed by atoms with van der Waals surface area (Å²) in [4.78, 5) is 0. The molecule has 28 heavy (non-hydrogen) atoms. The van der Waals surface area contributed by atoms with Crippen molar-refractivity contribution in [3.63, 3.8) is 0 Å². The predicted octanol–water partition coefficient (Wildman–Crippen LogP) is 5.35. The summed E-state index contributed by atoms with van der Waals surface area (Å²) in [6.45, 7) is 0. The van der Waals surface area contributed by atoms with Crippen molar-refractivity contribution in [1.82, 2.24) is 0 Å². The quantitative estimate of drug-likeness (QED) is 0.484. The second kappa shape index (κ2) is 7.35. The lowest BCUT2D eigenvalue weighted by Gasteiger charge is -2.03. The van der Waals surface area contributed by atoms with Gasteiger partial charge in [-0.25, -0.2) is 13.1 Å². The molecule has 0 aliphatic heterocycles. The topological polar surface area (TPSA) is 83.1 Å². The second-order valence-electron chi connectivity index (χ2n) is 5.89. The molecule has 0 aliphatic carbocycles. The van der Waals surface area contributed by atoms with Crippen LogP contribution in [0.5, 0.6) is 0 Å². The summed E-state index contributed by atoms with van der Waals surface area (Å²) in [6.07, 6.45) is 0. The summed E-state index contributed by atoms with van der Waals surface area (Å²) >= 11 is 1.09. The van der Waals surface area contributed by atoms with E-state index in [0.717, 1.165) is 22.5 Å². The molecule has 0 saturated carbocycles. The van der Waals surface area contributed by atoms with Gasteiger partial charge in [0.1, 0.15) is 21.6 Å². The van der Waals surface area contributed by atoms with Crippen LogP contribution in [0.25, 0.3) is 22.5 Å². The van der Waals surface area contributed by atoms with E-state index in [1.807, 2.05) is 60.7 Å². The predicted molar refractivity (Wildman–Crippen MR) is 109 cm³/mol. The first-order valence-corrected chi connectivity index (χ1v) is 10.7. The van der Waals surface area contributed by atoms with Gasteiger partial charge in [-0.15, -0.1) is 11.3 Å². The maximum absolute atomic E-state index is 12.7. The average Bonchev–Trinajstić information content (AvgIpc) is 3.37. The number of sulfonamides is 1. The highest BCUT2D eigenvalue weighted by molar-refractivity contribution is 7.94. The van der Waals surface area contributed by atoms with E-state index in [1.165, 1.54) is 6.07 Å². The Kier molecular flexibility index (Phi) is 4.74. The highest BCUT2D eigenvalue weighted by Crippen LogP contribution is 2.42. The minimum absolute atomic E-state index is 0.0893. The molecule has 2 heterocycles. The van der Waals surface area contributed by atoms with Crippen LogP contribution in [-0.4, -0.2) is 8.42 Å². The van der Waals surface area contributed by atoms with Gasteiger partial charge in [0.2, 0.25) is 5.88 Å². The fourth-order valence-electron chi connectivity index (χ4n) is 2.87. The summed E-state index contributed by atoms with van der Waals surface area (Å²) in [5, 5.41) is 11.5. The molecule has 0 fully saturated rings.